The zero-order chi connectivity index (χ0) is 14.4. The monoisotopic (exact) mass is 297 g/mol. The SMILES string of the molecule is Cc1nc([C@H](C)NC(=O)CCCN2CCOCC2)cs1. The van der Waals surface area contributed by atoms with E-state index in [1.807, 2.05) is 19.2 Å². The zero-order valence-electron chi connectivity index (χ0n) is 12.2. The van der Waals surface area contributed by atoms with Crippen LogP contribution in [0.1, 0.15) is 36.5 Å². The van der Waals surface area contributed by atoms with Crippen molar-refractivity contribution in [3.05, 3.63) is 16.1 Å². The van der Waals surface area contributed by atoms with Gasteiger partial charge in [-0.15, -0.1) is 11.3 Å². The smallest absolute Gasteiger partial charge is 0.220 e. The van der Waals surface area contributed by atoms with Gasteiger partial charge < -0.3 is 10.1 Å². The number of carbonyl (C=O) groups is 1. The van der Waals surface area contributed by atoms with Crippen LogP contribution in [0.25, 0.3) is 0 Å². The molecule has 1 aliphatic heterocycles. The first-order chi connectivity index (χ1) is 9.65. The molecule has 0 radical (unpaired) electrons. The number of morpholine rings is 1. The Kier molecular flexibility index (Phi) is 5.94. The van der Waals surface area contributed by atoms with Crippen molar-refractivity contribution in [2.24, 2.45) is 0 Å². The van der Waals surface area contributed by atoms with Crippen molar-refractivity contribution in [3.8, 4) is 0 Å². The van der Waals surface area contributed by atoms with Crippen LogP contribution in [0.3, 0.4) is 0 Å². The van der Waals surface area contributed by atoms with Crippen molar-refractivity contribution in [1.29, 1.82) is 0 Å². The maximum Gasteiger partial charge on any atom is 0.220 e. The molecule has 0 aromatic carbocycles. The van der Waals surface area contributed by atoms with E-state index in [2.05, 4.69) is 15.2 Å². The maximum absolute atomic E-state index is 11.9. The molecule has 112 valence electrons. The minimum Gasteiger partial charge on any atom is -0.379 e. The molecular formula is C14H23N3O2S. The van der Waals surface area contributed by atoms with Crippen LogP contribution in [-0.2, 0) is 9.53 Å². The van der Waals surface area contributed by atoms with Crippen molar-refractivity contribution in [2.75, 3.05) is 32.8 Å². The summed E-state index contributed by atoms with van der Waals surface area (Å²) in [7, 11) is 0. The Bertz CT molecular complexity index is 430. The van der Waals surface area contributed by atoms with E-state index in [1.165, 1.54) is 0 Å². The van der Waals surface area contributed by atoms with Gasteiger partial charge in [0.05, 0.1) is 30.0 Å². The summed E-state index contributed by atoms with van der Waals surface area (Å²) in [6.07, 6.45) is 1.47. The molecule has 1 amide bonds. The average molecular weight is 297 g/mol. The molecular weight excluding hydrogens is 274 g/mol. The number of carbonyl (C=O) groups excluding carboxylic acids is 1. The lowest BCUT2D eigenvalue weighted by atomic mass is 10.2. The van der Waals surface area contributed by atoms with Crippen LogP contribution in [0.5, 0.6) is 0 Å². The van der Waals surface area contributed by atoms with Crippen molar-refractivity contribution in [2.45, 2.75) is 32.7 Å². The summed E-state index contributed by atoms with van der Waals surface area (Å²) in [4.78, 5) is 18.6. The highest BCUT2D eigenvalue weighted by molar-refractivity contribution is 7.09. The summed E-state index contributed by atoms with van der Waals surface area (Å²) in [5.41, 5.74) is 0.953. The number of amides is 1. The third kappa shape index (κ3) is 4.85. The second-order valence-electron chi connectivity index (χ2n) is 5.14. The average Bonchev–Trinajstić information content (AvgIpc) is 2.87. The second kappa shape index (κ2) is 7.71. The number of thiazole rings is 1. The molecule has 1 saturated heterocycles. The van der Waals surface area contributed by atoms with Crippen LogP contribution in [0.2, 0.25) is 0 Å². The van der Waals surface area contributed by atoms with Gasteiger partial charge in [-0.1, -0.05) is 0 Å². The van der Waals surface area contributed by atoms with Crippen LogP contribution in [0.15, 0.2) is 5.38 Å². The number of ether oxygens (including phenoxy) is 1. The highest BCUT2D eigenvalue weighted by atomic mass is 32.1. The molecule has 2 heterocycles. The Morgan fingerprint density at radius 1 is 1.55 bits per heavy atom. The summed E-state index contributed by atoms with van der Waals surface area (Å²) >= 11 is 1.62. The van der Waals surface area contributed by atoms with E-state index in [9.17, 15) is 4.79 Å². The van der Waals surface area contributed by atoms with Crippen molar-refractivity contribution in [1.82, 2.24) is 15.2 Å². The van der Waals surface area contributed by atoms with Crippen LogP contribution in [0.4, 0.5) is 0 Å². The van der Waals surface area contributed by atoms with Gasteiger partial charge >= 0.3 is 0 Å². The summed E-state index contributed by atoms with van der Waals surface area (Å²) < 4.78 is 5.30. The fourth-order valence-corrected chi connectivity index (χ4v) is 2.96. The molecule has 0 aliphatic carbocycles. The lowest BCUT2D eigenvalue weighted by Gasteiger charge is -2.26. The molecule has 1 N–H and O–H groups in total. The predicted molar refractivity (Wildman–Crippen MR) is 79.9 cm³/mol. The van der Waals surface area contributed by atoms with Gasteiger partial charge in [-0.2, -0.15) is 0 Å². The fraction of sp³-hybridized carbons (Fsp3) is 0.714. The molecule has 1 aliphatic rings. The van der Waals surface area contributed by atoms with Crippen molar-refractivity contribution < 1.29 is 9.53 Å². The first kappa shape index (κ1) is 15.4. The Morgan fingerprint density at radius 2 is 2.30 bits per heavy atom. The number of aromatic nitrogens is 1. The van der Waals surface area contributed by atoms with Gasteiger partial charge in [-0.3, -0.25) is 9.69 Å². The molecule has 5 nitrogen and oxygen atoms in total. The molecule has 1 aromatic heterocycles. The van der Waals surface area contributed by atoms with E-state index < -0.39 is 0 Å². The van der Waals surface area contributed by atoms with Gasteiger partial charge in [0.1, 0.15) is 0 Å². The predicted octanol–water partition coefficient (Wildman–Crippen LogP) is 1.74. The van der Waals surface area contributed by atoms with E-state index in [-0.39, 0.29) is 11.9 Å². The first-order valence-corrected chi connectivity index (χ1v) is 8.04. The highest BCUT2D eigenvalue weighted by Gasteiger charge is 2.13. The number of hydrogen-bond acceptors (Lipinski definition) is 5. The van der Waals surface area contributed by atoms with E-state index in [4.69, 9.17) is 4.74 Å². The van der Waals surface area contributed by atoms with E-state index >= 15 is 0 Å². The third-order valence-electron chi connectivity index (χ3n) is 3.44. The normalized spacial score (nSPS) is 17.9. The third-order valence-corrected chi connectivity index (χ3v) is 4.23. The Balaban J connectivity index is 1.64. The molecule has 20 heavy (non-hydrogen) atoms. The van der Waals surface area contributed by atoms with E-state index in [1.54, 1.807) is 11.3 Å². The van der Waals surface area contributed by atoms with Gasteiger partial charge in [0.25, 0.3) is 0 Å². The van der Waals surface area contributed by atoms with E-state index in [0.717, 1.165) is 50.0 Å². The molecule has 1 atom stereocenters. The van der Waals surface area contributed by atoms with Crippen LogP contribution < -0.4 is 5.32 Å². The summed E-state index contributed by atoms with van der Waals surface area (Å²) in [6, 6.07) is -0.00385. The number of hydrogen-bond donors (Lipinski definition) is 1. The van der Waals surface area contributed by atoms with Gasteiger partial charge in [0, 0.05) is 24.9 Å². The molecule has 0 saturated carbocycles. The fourth-order valence-electron chi connectivity index (χ4n) is 2.25. The summed E-state index contributed by atoms with van der Waals surface area (Å²) in [6.45, 7) is 8.52. The van der Waals surface area contributed by atoms with Crippen LogP contribution in [-0.4, -0.2) is 48.6 Å². The molecule has 0 bridgehead atoms. The molecule has 0 unspecified atom stereocenters. The van der Waals surface area contributed by atoms with Gasteiger partial charge in [0.2, 0.25) is 5.91 Å². The summed E-state index contributed by atoms with van der Waals surface area (Å²) in [5.74, 6) is 0.108. The molecule has 1 fully saturated rings. The Morgan fingerprint density at radius 3 is 2.95 bits per heavy atom. The topological polar surface area (TPSA) is 54.5 Å². The number of rotatable bonds is 6. The quantitative estimate of drug-likeness (QED) is 0.869. The largest absolute Gasteiger partial charge is 0.379 e. The lowest BCUT2D eigenvalue weighted by molar-refractivity contribution is -0.122. The van der Waals surface area contributed by atoms with Crippen LogP contribution in [0, 0.1) is 6.92 Å². The van der Waals surface area contributed by atoms with Crippen molar-refractivity contribution >= 4 is 17.2 Å². The standard InChI is InChI=1S/C14H23N3O2S/c1-11(13-10-20-12(2)16-13)15-14(18)4-3-5-17-6-8-19-9-7-17/h10-11H,3-9H2,1-2H3,(H,15,18)/t11-/m0/s1. The minimum absolute atomic E-state index is 0.00385. The molecule has 2 rings (SSSR count). The highest BCUT2D eigenvalue weighted by Crippen LogP contribution is 2.15. The first-order valence-electron chi connectivity index (χ1n) is 7.16. The second-order valence-corrected chi connectivity index (χ2v) is 6.20. The Labute approximate surface area is 124 Å². The number of nitrogens with zero attached hydrogens (tertiary/aromatic N) is 2. The molecule has 1 aromatic rings. The number of nitrogens with one attached hydrogen (secondary N) is 1. The van der Waals surface area contributed by atoms with Crippen molar-refractivity contribution in [3.63, 3.8) is 0 Å². The van der Waals surface area contributed by atoms with Crippen LogP contribution >= 0.6 is 11.3 Å². The van der Waals surface area contributed by atoms with Gasteiger partial charge in [0.15, 0.2) is 0 Å². The summed E-state index contributed by atoms with van der Waals surface area (Å²) in [5, 5.41) is 6.05. The number of aryl methyl sites for hydroxylation is 1. The maximum atomic E-state index is 11.9. The molecule has 6 heteroatoms. The van der Waals surface area contributed by atoms with Gasteiger partial charge in [-0.25, -0.2) is 4.98 Å². The minimum atomic E-state index is -0.00385. The Hall–Kier alpha value is -0.980. The zero-order valence-corrected chi connectivity index (χ0v) is 13.0. The molecule has 0 spiro atoms. The lowest BCUT2D eigenvalue weighted by Crippen LogP contribution is -2.37. The van der Waals surface area contributed by atoms with Gasteiger partial charge in [-0.05, 0) is 26.8 Å². The van der Waals surface area contributed by atoms with E-state index in [0.29, 0.717) is 6.42 Å².